The number of hydrogen-bond acceptors (Lipinski definition) is 2. The van der Waals surface area contributed by atoms with E-state index in [4.69, 9.17) is 16.9 Å². The van der Waals surface area contributed by atoms with Crippen molar-refractivity contribution in [2.75, 3.05) is 5.32 Å². The van der Waals surface area contributed by atoms with E-state index in [0.717, 1.165) is 29.1 Å². The lowest BCUT2D eigenvalue weighted by Gasteiger charge is -2.16. The summed E-state index contributed by atoms with van der Waals surface area (Å²) in [5.41, 5.74) is 5.59. The monoisotopic (exact) mass is 282 g/mol. The molecule has 1 aliphatic rings. The standard InChI is InChI=1S/C17H15ClN2/c1-11-2-3-12(10-19)6-17(11)20-16-8-13-4-5-15(18)7-14(13)9-16/h2-7,16,20H,8-9H2,1H3. The number of benzene rings is 2. The number of fused-ring (bicyclic) bond motifs is 1. The summed E-state index contributed by atoms with van der Waals surface area (Å²) in [6.07, 6.45) is 1.98. The summed E-state index contributed by atoms with van der Waals surface area (Å²) in [4.78, 5) is 0. The first-order chi connectivity index (χ1) is 9.65. The third-order valence-electron chi connectivity index (χ3n) is 3.83. The van der Waals surface area contributed by atoms with E-state index >= 15 is 0 Å². The van der Waals surface area contributed by atoms with Crippen molar-refractivity contribution in [1.29, 1.82) is 5.26 Å². The van der Waals surface area contributed by atoms with E-state index < -0.39 is 0 Å². The fraction of sp³-hybridized carbons (Fsp3) is 0.235. The van der Waals surface area contributed by atoms with Crippen LogP contribution in [0.1, 0.15) is 22.3 Å². The molecule has 1 aliphatic carbocycles. The molecule has 0 spiro atoms. The number of hydrogen-bond donors (Lipinski definition) is 1. The Hall–Kier alpha value is -1.98. The first-order valence-electron chi connectivity index (χ1n) is 6.70. The maximum absolute atomic E-state index is 8.99. The minimum absolute atomic E-state index is 0.371. The highest BCUT2D eigenvalue weighted by molar-refractivity contribution is 6.30. The van der Waals surface area contributed by atoms with Gasteiger partial charge in [0.15, 0.2) is 0 Å². The molecule has 0 heterocycles. The van der Waals surface area contributed by atoms with Crippen LogP contribution in [-0.2, 0) is 12.8 Å². The van der Waals surface area contributed by atoms with Gasteiger partial charge < -0.3 is 5.32 Å². The van der Waals surface area contributed by atoms with Crippen LogP contribution in [-0.4, -0.2) is 6.04 Å². The molecule has 0 saturated carbocycles. The van der Waals surface area contributed by atoms with Crippen LogP contribution >= 0.6 is 11.6 Å². The largest absolute Gasteiger partial charge is 0.381 e. The molecule has 2 aromatic rings. The second kappa shape index (κ2) is 5.19. The van der Waals surface area contributed by atoms with E-state index in [1.165, 1.54) is 11.1 Å². The molecule has 0 saturated heterocycles. The third kappa shape index (κ3) is 2.50. The first kappa shape index (κ1) is 13.0. The van der Waals surface area contributed by atoms with E-state index in [1.807, 2.05) is 24.3 Å². The van der Waals surface area contributed by atoms with Gasteiger partial charge in [-0.1, -0.05) is 23.7 Å². The smallest absolute Gasteiger partial charge is 0.0992 e. The van der Waals surface area contributed by atoms with Crippen molar-refractivity contribution in [1.82, 2.24) is 0 Å². The molecule has 0 bridgehead atoms. The summed E-state index contributed by atoms with van der Waals surface area (Å²) in [5, 5.41) is 13.3. The molecule has 0 aliphatic heterocycles. The van der Waals surface area contributed by atoms with Crippen molar-refractivity contribution in [3.63, 3.8) is 0 Å². The van der Waals surface area contributed by atoms with Crippen LogP contribution < -0.4 is 5.32 Å². The lowest BCUT2D eigenvalue weighted by molar-refractivity contribution is 0.773. The van der Waals surface area contributed by atoms with E-state index in [9.17, 15) is 0 Å². The van der Waals surface area contributed by atoms with Crippen LogP contribution in [0.4, 0.5) is 5.69 Å². The Morgan fingerprint density at radius 1 is 1.15 bits per heavy atom. The number of nitriles is 1. The van der Waals surface area contributed by atoms with Crippen LogP contribution in [0.15, 0.2) is 36.4 Å². The van der Waals surface area contributed by atoms with Crippen LogP contribution in [0, 0.1) is 18.3 Å². The average molecular weight is 283 g/mol. The molecule has 0 aromatic heterocycles. The van der Waals surface area contributed by atoms with Gasteiger partial charge in [-0.2, -0.15) is 5.26 Å². The molecule has 2 aromatic carbocycles. The Morgan fingerprint density at radius 2 is 1.95 bits per heavy atom. The van der Waals surface area contributed by atoms with Gasteiger partial charge in [-0.15, -0.1) is 0 Å². The van der Waals surface area contributed by atoms with Gasteiger partial charge in [0.2, 0.25) is 0 Å². The van der Waals surface area contributed by atoms with Crippen molar-refractivity contribution in [3.8, 4) is 6.07 Å². The van der Waals surface area contributed by atoms with Crippen molar-refractivity contribution in [2.24, 2.45) is 0 Å². The maximum atomic E-state index is 8.99. The molecule has 2 nitrogen and oxygen atoms in total. The lowest BCUT2D eigenvalue weighted by Crippen LogP contribution is -2.20. The van der Waals surface area contributed by atoms with Gasteiger partial charge >= 0.3 is 0 Å². The molecule has 3 rings (SSSR count). The predicted octanol–water partition coefficient (Wildman–Crippen LogP) is 4.10. The van der Waals surface area contributed by atoms with E-state index in [1.54, 1.807) is 0 Å². The Morgan fingerprint density at radius 3 is 2.75 bits per heavy atom. The summed E-state index contributed by atoms with van der Waals surface area (Å²) < 4.78 is 0. The molecule has 1 N–H and O–H groups in total. The molecule has 20 heavy (non-hydrogen) atoms. The molecule has 0 fully saturated rings. The van der Waals surface area contributed by atoms with Gasteiger partial charge in [0, 0.05) is 16.8 Å². The van der Waals surface area contributed by atoms with Crippen LogP contribution in [0.3, 0.4) is 0 Å². The van der Waals surface area contributed by atoms with Gasteiger partial charge in [0.05, 0.1) is 11.6 Å². The normalized spacial score (nSPS) is 16.6. The molecule has 0 radical (unpaired) electrons. The van der Waals surface area contributed by atoms with Gasteiger partial charge in [-0.25, -0.2) is 0 Å². The topological polar surface area (TPSA) is 35.8 Å². The molecule has 3 heteroatoms. The van der Waals surface area contributed by atoms with Gasteiger partial charge in [-0.3, -0.25) is 0 Å². The number of halogens is 1. The summed E-state index contributed by atoms with van der Waals surface area (Å²) in [5.74, 6) is 0. The second-order valence-electron chi connectivity index (χ2n) is 5.30. The number of nitrogens with one attached hydrogen (secondary N) is 1. The molecule has 1 atom stereocenters. The predicted molar refractivity (Wildman–Crippen MR) is 82.2 cm³/mol. The first-order valence-corrected chi connectivity index (χ1v) is 7.08. The van der Waals surface area contributed by atoms with E-state index in [2.05, 4.69) is 30.4 Å². The minimum atomic E-state index is 0.371. The summed E-state index contributed by atoms with van der Waals surface area (Å²) in [6.45, 7) is 2.06. The molecule has 100 valence electrons. The fourth-order valence-corrected chi connectivity index (χ4v) is 2.95. The molecular formula is C17H15ClN2. The van der Waals surface area contributed by atoms with Crippen molar-refractivity contribution < 1.29 is 0 Å². The van der Waals surface area contributed by atoms with E-state index in [0.29, 0.717) is 11.6 Å². The number of aryl methyl sites for hydroxylation is 1. The van der Waals surface area contributed by atoms with Crippen molar-refractivity contribution in [2.45, 2.75) is 25.8 Å². The highest BCUT2D eigenvalue weighted by atomic mass is 35.5. The van der Waals surface area contributed by atoms with Gasteiger partial charge in [0.1, 0.15) is 0 Å². The molecule has 0 amide bonds. The minimum Gasteiger partial charge on any atom is -0.381 e. The Kier molecular flexibility index (Phi) is 3.38. The second-order valence-corrected chi connectivity index (χ2v) is 5.74. The summed E-state index contributed by atoms with van der Waals surface area (Å²) in [6, 6.07) is 14.4. The van der Waals surface area contributed by atoms with Crippen molar-refractivity contribution in [3.05, 3.63) is 63.7 Å². The van der Waals surface area contributed by atoms with Gasteiger partial charge in [0.25, 0.3) is 0 Å². The van der Waals surface area contributed by atoms with Crippen molar-refractivity contribution >= 4 is 17.3 Å². The summed E-state index contributed by atoms with van der Waals surface area (Å²) >= 11 is 6.04. The van der Waals surface area contributed by atoms with Crippen LogP contribution in [0.2, 0.25) is 5.02 Å². The lowest BCUT2D eigenvalue weighted by atomic mass is 10.1. The Labute approximate surface area is 124 Å². The van der Waals surface area contributed by atoms with Crippen LogP contribution in [0.25, 0.3) is 0 Å². The maximum Gasteiger partial charge on any atom is 0.0992 e. The Balaban J connectivity index is 1.80. The zero-order valence-electron chi connectivity index (χ0n) is 11.3. The van der Waals surface area contributed by atoms with E-state index in [-0.39, 0.29) is 0 Å². The summed E-state index contributed by atoms with van der Waals surface area (Å²) in [7, 11) is 0. The number of nitrogens with zero attached hydrogens (tertiary/aromatic N) is 1. The SMILES string of the molecule is Cc1ccc(C#N)cc1NC1Cc2ccc(Cl)cc2C1. The number of anilines is 1. The highest BCUT2D eigenvalue weighted by Crippen LogP contribution is 2.28. The highest BCUT2D eigenvalue weighted by Gasteiger charge is 2.21. The Bertz CT molecular complexity index is 701. The zero-order valence-corrected chi connectivity index (χ0v) is 12.0. The molecule has 1 unspecified atom stereocenters. The quantitative estimate of drug-likeness (QED) is 0.900. The van der Waals surface area contributed by atoms with Crippen LogP contribution in [0.5, 0.6) is 0 Å². The average Bonchev–Trinajstić information content (AvgIpc) is 2.82. The third-order valence-corrected chi connectivity index (χ3v) is 4.06. The van der Waals surface area contributed by atoms with Gasteiger partial charge in [-0.05, 0) is 60.7 Å². The number of rotatable bonds is 2. The zero-order chi connectivity index (χ0) is 14.1. The molecular weight excluding hydrogens is 268 g/mol. The fourth-order valence-electron chi connectivity index (χ4n) is 2.76.